The van der Waals surface area contributed by atoms with Crippen LogP contribution < -0.4 is 5.73 Å². The second-order valence-corrected chi connectivity index (χ2v) is 5.65. The van der Waals surface area contributed by atoms with E-state index >= 15 is 0 Å². The van der Waals surface area contributed by atoms with Crippen molar-refractivity contribution >= 4 is 17.4 Å². The van der Waals surface area contributed by atoms with Crippen LogP contribution in [0.2, 0.25) is 0 Å². The van der Waals surface area contributed by atoms with Gasteiger partial charge in [-0.05, 0) is 25.0 Å². The molecule has 0 heterocycles. The third-order valence-corrected chi connectivity index (χ3v) is 4.30. The fraction of sp³-hybridized carbons (Fsp3) is 0.200. The molecule has 0 amide bonds. The van der Waals surface area contributed by atoms with Crippen LogP contribution in [0.15, 0.2) is 66.1 Å². The molecule has 88 valence electrons. The monoisotopic (exact) mass is 243 g/mol. The minimum atomic E-state index is 0.0754. The Labute approximate surface area is 107 Å². The van der Waals surface area contributed by atoms with Crippen molar-refractivity contribution in [2.75, 3.05) is 5.73 Å². The predicted octanol–water partition coefficient (Wildman–Crippen LogP) is 4.19. The summed E-state index contributed by atoms with van der Waals surface area (Å²) in [6.45, 7) is 3.86. The van der Waals surface area contributed by atoms with Gasteiger partial charge in [-0.2, -0.15) is 0 Å². The first kappa shape index (κ1) is 12.1. The van der Waals surface area contributed by atoms with E-state index in [1.807, 2.05) is 36.0 Å². The van der Waals surface area contributed by atoms with Gasteiger partial charge in [0.25, 0.3) is 0 Å². The smallest absolute Gasteiger partial charge is 0.0458 e. The van der Waals surface area contributed by atoms with Crippen LogP contribution in [0, 0.1) is 0 Å². The summed E-state index contributed by atoms with van der Waals surface area (Å²) in [5, 5.41) is 0. The molecule has 0 unspecified atom stereocenters. The Hall–Kier alpha value is -1.41. The summed E-state index contributed by atoms with van der Waals surface area (Å²) in [6, 6.07) is 8.03. The Morgan fingerprint density at radius 1 is 1.35 bits per heavy atom. The molecule has 0 aliphatic heterocycles. The highest BCUT2D eigenvalue weighted by molar-refractivity contribution is 8.01. The number of thioether (sulfide) groups is 1. The van der Waals surface area contributed by atoms with Crippen LogP contribution in [0.1, 0.15) is 12.8 Å². The van der Waals surface area contributed by atoms with Crippen LogP contribution in [-0.4, -0.2) is 4.75 Å². The van der Waals surface area contributed by atoms with E-state index in [0.29, 0.717) is 0 Å². The maximum Gasteiger partial charge on any atom is 0.0458 e. The molecular formula is C15H17NS. The largest absolute Gasteiger partial charge is 0.398 e. The van der Waals surface area contributed by atoms with E-state index in [2.05, 4.69) is 36.9 Å². The number of allylic oxidation sites excluding steroid dienone is 4. The van der Waals surface area contributed by atoms with Gasteiger partial charge in [0.15, 0.2) is 0 Å². The summed E-state index contributed by atoms with van der Waals surface area (Å²) in [7, 11) is 0. The van der Waals surface area contributed by atoms with E-state index in [9.17, 15) is 0 Å². The lowest BCUT2D eigenvalue weighted by Crippen LogP contribution is -2.21. The summed E-state index contributed by atoms with van der Waals surface area (Å²) in [5.41, 5.74) is 6.85. The first-order valence-corrected chi connectivity index (χ1v) is 6.56. The second-order valence-electron chi connectivity index (χ2n) is 4.19. The quantitative estimate of drug-likeness (QED) is 0.634. The van der Waals surface area contributed by atoms with Crippen LogP contribution in [0.5, 0.6) is 0 Å². The lowest BCUT2D eigenvalue weighted by molar-refractivity contribution is 0.728. The molecule has 1 aromatic rings. The molecule has 0 fully saturated rings. The van der Waals surface area contributed by atoms with E-state index in [4.69, 9.17) is 5.73 Å². The van der Waals surface area contributed by atoms with Crippen molar-refractivity contribution in [2.24, 2.45) is 0 Å². The van der Waals surface area contributed by atoms with Gasteiger partial charge in [-0.25, -0.2) is 0 Å². The van der Waals surface area contributed by atoms with Crippen LogP contribution in [0.25, 0.3) is 0 Å². The molecule has 0 bridgehead atoms. The third kappa shape index (κ3) is 2.83. The first-order valence-electron chi connectivity index (χ1n) is 5.74. The van der Waals surface area contributed by atoms with Gasteiger partial charge in [0.1, 0.15) is 0 Å². The number of hydrogen-bond donors (Lipinski definition) is 1. The van der Waals surface area contributed by atoms with E-state index in [1.54, 1.807) is 0 Å². The number of nitrogen functional groups attached to an aromatic ring is 1. The summed E-state index contributed by atoms with van der Waals surface area (Å²) < 4.78 is 0.0754. The van der Waals surface area contributed by atoms with Crippen molar-refractivity contribution in [3.63, 3.8) is 0 Å². The van der Waals surface area contributed by atoms with Crippen molar-refractivity contribution in [2.45, 2.75) is 22.5 Å². The first-order chi connectivity index (χ1) is 8.26. The molecule has 2 rings (SSSR count). The number of para-hydroxylation sites is 1. The van der Waals surface area contributed by atoms with E-state index < -0.39 is 0 Å². The van der Waals surface area contributed by atoms with Gasteiger partial charge in [-0.15, -0.1) is 18.3 Å². The molecule has 1 nitrogen and oxygen atoms in total. The summed E-state index contributed by atoms with van der Waals surface area (Å²) in [4.78, 5) is 1.15. The number of rotatable bonds is 4. The number of benzene rings is 1. The minimum Gasteiger partial charge on any atom is -0.398 e. The van der Waals surface area contributed by atoms with Gasteiger partial charge in [0.05, 0.1) is 0 Å². The molecule has 1 aliphatic rings. The highest BCUT2D eigenvalue weighted by Gasteiger charge is 2.27. The average molecular weight is 243 g/mol. The summed E-state index contributed by atoms with van der Waals surface area (Å²) in [5.74, 6) is 0. The molecule has 1 atom stereocenters. The molecule has 2 N–H and O–H groups in total. The number of anilines is 1. The van der Waals surface area contributed by atoms with Gasteiger partial charge < -0.3 is 5.73 Å². The third-order valence-electron chi connectivity index (χ3n) is 2.83. The molecule has 0 spiro atoms. The maximum atomic E-state index is 6.00. The Morgan fingerprint density at radius 3 is 2.82 bits per heavy atom. The SMILES string of the molecule is C=CC[C@]1(Sc2ccccc2N)C=CC=CC1. The fourth-order valence-electron chi connectivity index (χ4n) is 1.95. The molecule has 0 saturated heterocycles. The van der Waals surface area contributed by atoms with Crippen molar-refractivity contribution in [1.82, 2.24) is 0 Å². The van der Waals surface area contributed by atoms with Crippen molar-refractivity contribution < 1.29 is 0 Å². The Balaban J connectivity index is 2.24. The van der Waals surface area contributed by atoms with Crippen molar-refractivity contribution in [1.29, 1.82) is 0 Å². The van der Waals surface area contributed by atoms with E-state index in [-0.39, 0.29) is 4.75 Å². The fourth-order valence-corrected chi connectivity index (χ4v) is 3.25. The van der Waals surface area contributed by atoms with E-state index in [0.717, 1.165) is 23.4 Å². The molecule has 0 aromatic heterocycles. The standard InChI is InChI=1S/C15H17NS/c1-2-10-15(11-6-3-7-12-15)17-14-9-5-4-8-13(14)16/h2-9,11H,1,10,12,16H2/t15-/m0/s1. The lowest BCUT2D eigenvalue weighted by Gasteiger charge is -2.30. The summed E-state index contributed by atoms with van der Waals surface area (Å²) >= 11 is 1.83. The van der Waals surface area contributed by atoms with Crippen molar-refractivity contribution in [3.8, 4) is 0 Å². The van der Waals surface area contributed by atoms with Gasteiger partial charge in [-0.3, -0.25) is 0 Å². The Morgan fingerprint density at radius 2 is 2.18 bits per heavy atom. The van der Waals surface area contributed by atoms with Crippen LogP contribution >= 0.6 is 11.8 Å². The van der Waals surface area contributed by atoms with E-state index in [1.165, 1.54) is 0 Å². The normalized spacial score (nSPS) is 22.6. The van der Waals surface area contributed by atoms with Gasteiger partial charge in [-0.1, -0.05) is 42.5 Å². The Bertz CT molecular complexity index is 458. The highest BCUT2D eigenvalue weighted by atomic mass is 32.2. The molecule has 2 heteroatoms. The second kappa shape index (κ2) is 5.28. The zero-order chi connectivity index (χ0) is 12.1. The van der Waals surface area contributed by atoms with Gasteiger partial charge in [0.2, 0.25) is 0 Å². The maximum absolute atomic E-state index is 6.00. The highest BCUT2D eigenvalue weighted by Crippen LogP contribution is 2.43. The minimum absolute atomic E-state index is 0.0754. The zero-order valence-corrected chi connectivity index (χ0v) is 10.6. The molecule has 0 radical (unpaired) electrons. The lowest BCUT2D eigenvalue weighted by atomic mass is 9.96. The van der Waals surface area contributed by atoms with Crippen LogP contribution in [-0.2, 0) is 0 Å². The summed E-state index contributed by atoms with van der Waals surface area (Å²) in [6.07, 6.45) is 12.6. The topological polar surface area (TPSA) is 26.0 Å². The van der Waals surface area contributed by atoms with Crippen LogP contribution in [0.3, 0.4) is 0 Å². The number of nitrogens with two attached hydrogens (primary N) is 1. The molecule has 17 heavy (non-hydrogen) atoms. The number of hydrogen-bond acceptors (Lipinski definition) is 2. The average Bonchev–Trinajstić information content (AvgIpc) is 2.34. The van der Waals surface area contributed by atoms with Gasteiger partial charge in [0, 0.05) is 15.3 Å². The molecule has 1 aliphatic carbocycles. The molecule has 1 aromatic carbocycles. The zero-order valence-electron chi connectivity index (χ0n) is 9.80. The molecule has 0 saturated carbocycles. The Kier molecular flexibility index (Phi) is 3.75. The molecular weight excluding hydrogens is 226 g/mol. The van der Waals surface area contributed by atoms with Gasteiger partial charge >= 0.3 is 0 Å². The predicted molar refractivity (Wildman–Crippen MR) is 77.2 cm³/mol. The van der Waals surface area contributed by atoms with Crippen molar-refractivity contribution in [3.05, 3.63) is 61.2 Å². The van der Waals surface area contributed by atoms with Crippen LogP contribution in [0.4, 0.5) is 5.69 Å².